The van der Waals surface area contributed by atoms with Crippen LogP contribution >= 0.6 is 12.6 Å². The summed E-state index contributed by atoms with van der Waals surface area (Å²) in [6, 6.07) is 4.62. The normalized spacial score (nSPS) is 12.9. The van der Waals surface area contributed by atoms with Crippen molar-refractivity contribution in [2.45, 2.75) is 6.04 Å². The van der Waals surface area contributed by atoms with E-state index in [1.165, 1.54) is 0 Å². The van der Waals surface area contributed by atoms with Gasteiger partial charge in [-0.05, 0) is 12.1 Å². The molecule has 1 aromatic heterocycles. The molecule has 1 heterocycles. The molecule has 0 saturated carbocycles. The van der Waals surface area contributed by atoms with Crippen LogP contribution < -0.4 is 5.73 Å². The van der Waals surface area contributed by atoms with Gasteiger partial charge in [0.15, 0.2) is 5.78 Å². The van der Waals surface area contributed by atoms with Gasteiger partial charge < -0.3 is 5.73 Å². The van der Waals surface area contributed by atoms with E-state index in [2.05, 4.69) is 28.0 Å². The Morgan fingerprint density at radius 1 is 1.53 bits per heavy atom. The quantitative estimate of drug-likeness (QED) is 0.518. The van der Waals surface area contributed by atoms with E-state index < -0.39 is 6.04 Å². The average molecular weight is 222 g/mol. The molecule has 0 amide bonds. The third kappa shape index (κ3) is 1.73. The van der Waals surface area contributed by atoms with Crippen molar-refractivity contribution in [1.29, 1.82) is 0 Å². The van der Waals surface area contributed by atoms with E-state index in [-0.39, 0.29) is 5.78 Å². The number of Topliss-reactive ketones (excluding diaryl/α,β-unsaturated/α-hetero) is 1. The van der Waals surface area contributed by atoms with E-state index in [1.807, 2.05) is 0 Å². The lowest BCUT2D eigenvalue weighted by molar-refractivity contribution is 0.0971. The number of aromatic nitrogens is 3. The van der Waals surface area contributed by atoms with Gasteiger partial charge >= 0.3 is 0 Å². The molecule has 2 rings (SSSR count). The number of ketones is 1. The van der Waals surface area contributed by atoms with Gasteiger partial charge in [0.25, 0.3) is 0 Å². The zero-order valence-electron chi connectivity index (χ0n) is 7.84. The molecule has 1 atom stereocenters. The maximum Gasteiger partial charge on any atom is 0.182 e. The summed E-state index contributed by atoms with van der Waals surface area (Å²) in [5.41, 5.74) is 7.33. The Labute approximate surface area is 91.4 Å². The predicted molar refractivity (Wildman–Crippen MR) is 60.0 cm³/mol. The molecule has 0 aliphatic rings. The number of carbonyl (C=O) groups excluding carboxylic acids is 1. The Balaban J connectivity index is 2.51. The number of para-hydroxylation sites is 1. The van der Waals surface area contributed by atoms with Crippen molar-refractivity contribution < 1.29 is 4.79 Å². The van der Waals surface area contributed by atoms with E-state index in [9.17, 15) is 4.79 Å². The largest absolute Gasteiger partial charge is 0.321 e. The number of nitrogens with zero attached hydrogens (tertiary/aromatic N) is 2. The molecule has 5 nitrogen and oxygen atoms in total. The highest BCUT2D eigenvalue weighted by Crippen LogP contribution is 2.15. The van der Waals surface area contributed by atoms with Crippen LogP contribution in [0.2, 0.25) is 0 Å². The first-order valence-corrected chi connectivity index (χ1v) is 5.07. The Morgan fingerprint density at radius 3 is 3.07 bits per heavy atom. The minimum atomic E-state index is -0.601. The van der Waals surface area contributed by atoms with Crippen LogP contribution in [0.5, 0.6) is 0 Å². The van der Waals surface area contributed by atoms with Gasteiger partial charge in [0.05, 0.1) is 6.04 Å². The lowest BCUT2D eigenvalue weighted by Gasteiger charge is -2.06. The highest BCUT2D eigenvalue weighted by molar-refractivity contribution is 7.80. The third-order valence-corrected chi connectivity index (χ3v) is 2.54. The van der Waals surface area contributed by atoms with Gasteiger partial charge in [-0.3, -0.25) is 4.79 Å². The van der Waals surface area contributed by atoms with Crippen LogP contribution in [0.1, 0.15) is 10.4 Å². The Kier molecular flexibility index (Phi) is 2.70. The van der Waals surface area contributed by atoms with Gasteiger partial charge in [0.2, 0.25) is 0 Å². The second-order valence-electron chi connectivity index (χ2n) is 3.15. The van der Waals surface area contributed by atoms with Gasteiger partial charge in [-0.1, -0.05) is 6.07 Å². The topological polar surface area (TPSA) is 84.7 Å². The number of nitrogens with one attached hydrogen (secondary N) is 1. The first-order chi connectivity index (χ1) is 7.24. The molecule has 0 spiro atoms. The first-order valence-electron chi connectivity index (χ1n) is 4.44. The number of benzene rings is 1. The van der Waals surface area contributed by atoms with E-state index in [0.29, 0.717) is 22.3 Å². The summed E-state index contributed by atoms with van der Waals surface area (Å²) >= 11 is 3.99. The lowest BCUT2D eigenvalue weighted by Crippen LogP contribution is -2.32. The number of aromatic amines is 1. The summed E-state index contributed by atoms with van der Waals surface area (Å²) in [6.07, 6.45) is 0. The fourth-order valence-electron chi connectivity index (χ4n) is 1.35. The van der Waals surface area contributed by atoms with Gasteiger partial charge in [0.1, 0.15) is 11.0 Å². The molecule has 2 aromatic rings. The van der Waals surface area contributed by atoms with Crippen molar-refractivity contribution in [3.63, 3.8) is 0 Å². The van der Waals surface area contributed by atoms with Crippen LogP contribution in [0.4, 0.5) is 0 Å². The molecule has 0 aliphatic carbocycles. The number of fused-ring (bicyclic) bond motifs is 1. The lowest BCUT2D eigenvalue weighted by atomic mass is 10.0. The van der Waals surface area contributed by atoms with Crippen LogP contribution in [0.25, 0.3) is 11.0 Å². The Morgan fingerprint density at radius 2 is 2.33 bits per heavy atom. The smallest absolute Gasteiger partial charge is 0.182 e. The van der Waals surface area contributed by atoms with Gasteiger partial charge in [-0.15, -0.1) is 0 Å². The van der Waals surface area contributed by atoms with E-state index in [4.69, 9.17) is 5.73 Å². The first kappa shape index (κ1) is 10.1. The fraction of sp³-hybridized carbons (Fsp3) is 0.222. The third-order valence-electron chi connectivity index (χ3n) is 2.15. The molecule has 0 fully saturated rings. The molecule has 0 radical (unpaired) electrons. The van der Waals surface area contributed by atoms with Crippen LogP contribution in [0.3, 0.4) is 0 Å². The van der Waals surface area contributed by atoms with Crippen LogP contribution in [0, 0.1) is 0 Å². The number of H-pyrrole nitrogens is 1. The maximum absolute atomic E-state index is 11.8. The molecule has 0 saturated heterocycles. The minimum Gasteiger partial charge on any atom is -0.321 e. The van der Waals surface area contributed by atoms with Crippen molar-refractivity contribution >= 4 is 29.4 Å². The molecule has 3 N–H and O–H groups in total. The van der Waals surface area contributed by atoms with Crippen LogP contribution in [-0.2, 0) is 0 Å². The van der Waals surface area contributed by atoms with E-state index >= 15 is 0 Å². The summed E-state index contributed by atoms with van der Waals surface area (Å²) in [4.78, 5) is 11.8. The number of rotatable bonds is 3. The molecule has 1 aromatic carbocycles. The zero-order chi connectivity index (χ0) is 10.8. The van der Waals surface area contributed by atoms with Gasteiger partial charge in [0, 0.05) is 11.3 Å². The van der Waals surface area contributed by atoms with Crippen molar-refractivity contribution in [3.05, 3.63) is 23.8 Å². The summed E-state index contributed by atoms with van der Waals surface area (Å²) < 4.78 is 0. The van der Waals surface area contributed by atoms with Crippen molar-refractivity contribution in [2.24, 2.45) is 5.73 Å². The van der Waals surface area contributed by atoms with Crippen LogP contribution in [0.15, 0.2) is 18.2 Å². The Bertz CT molecular complexity index is 496. The van der Waals surface area contributed by atoms with E-state index in [1.54, 1.807) is 18.2 Å². The summed E-state index contributed by atoms with van der Waals surface area (Å²) in [6.45, 7) is 0. The Hall–Kier alpha value is -1.40. The average Bonchev–Trinajstić information content (AvgIpc) is 2.74. The second-order valence-corrected chi connectivity index (χ2v) is 3.52. The predicted octanol–water partition coefficient (Wildman–Crippen LogP) is 0.398. The molecule has 78 valence electrons. The number of thiol groups is 1. The zero-order valence-corrected chi connectivity index (χ0v) is 8.74. The molecular weight excluding hydrogens is 212 g/mol. The number of hydrogen-bond donors (Lipinski definition) is 3. The monoisotopic (exact) mass is 222 g/mol. The van der Waals surface area contributed by atoms with Crippen molar-refractivity contribution in [3.8, 4) is 0 Å². The van der Waals surface area contributed by atoms with Crippen molar-refractivity contribution in [2.75, 3.05) is 5.75 Å². The van der Waals surface area contributed by atoms with Crippen LogP contribution in [-0.4, -0.2) is 33.0 Å². The maximum atomic E-state index is 11.8. The molecule has 0 aliphatic heterocycles. The highest BCUT2D eigenvalue weighted by atomic mass is 32.1. The fourth-order valence-corrected chi connectivity index (χ4v) is 1.52. The molecule has 15 heavy (non-hydrogen) atoms. The number of carbonyl (C=O) groups is 1. The molecule has 0 bridgehead atoms. The molecule has 6 heteroatoms. The molecular formula is C9H10N4OS. The van der Waals surface area contributed by atoms with E-state index in [0.717, 1.165) is 0 Å². The second kappa shape index (κ2) is 4.00. The SMILES string of the molecule is N[C@@H](CS)C(=O)c1cccc2n[nH]nc12. The van der Waals surface area contributed by atoms with Gasteiger partial charge in [-0.2, -0.15) is 28.0 Å². The summed E-state index contributed by atoms with van der Waals surface area (Å²) in [5.74, 6) is 0.150. The summed E-state index contributed by atoms with van der Waals surface area (Å²) in [5, 5.41) is 10.3. The molecule has 0 unspecified atom stereocenters. The number of hydrogen-bond acceptors (Lipinski definition) is 5. The summed E-state index contributed by atoms with van der Waals surface area (Å²) in [7, 11) is 0. The number of nitrogens with two attached hydrogens (primary N) is 1. The minimum absolute atomic E-state index is 0.162. The standard InChI is InChI=1S/C9H10N4OS/c10-6(4-15)9(14)5-2-1-3-7-8(5)12-13-11-7/h1-3,6,15H,4,10H2,(H,11,12,13)/t6-/m0/s1. The highest BCUT2D eigenvalue weighted by Gasteiger charge is 2.18. The van der Waals surface area contributed by atoms with Crippen molar-refractivity contribution in [1.82, 2.24) is 15.4 Å². The van der Waals surface area contributed by atoms with Gasteiger partial charge in [-0.25, -0.2) is 0 Å².